The number of nitrogens with zero attached hydrogens (tertiary/aromatic N) is 2. The first-order chi connectivity index (χ1) is 8.89. The van der Waals surface area contributed by atoms with E-state index >= 15 is 0 Å². The maximum Gasteiger partial charge on any atom is 0.258 e. The third kappa shape index (κ3) is 2.13. The van der Waals surface area contributed by atoms with Crippen molar-refractivity contribution in [3.63, 3.8) is 0 Å². The second kappa shape index (κ2) is 4.18. The third-order valence-corrected chi connectivity index (χ3v) is 4.22. The van der Waals surface area contributed by atoms with Crippen LogP contribution in [0.2, 0.25) is 5.02 Å². The number of hydrogen-bond acceptors (Lipinski definition) is 3. The first-order valence-electron chi connectivity index (χ1n) is 6.56. The number of aliphatic hydroxyl groups is 1. The number of amides is 1. The Morgan fingerprint density at radius 2 is 2.21 bits per heavy atom. The van der Waals surface area contributed by atoms with Crippen LogP contribution in [-0.2, 0) is 6.54 Å². The average molecular weight is 281 g/mol. The monoisotopic (exact) mass is 280 g/mol. The summed E-state index contributed by atoms with van der Waals surface area (Å²) >= 11 is 6.09. The van der Waals surface area contributed by atoms with Gasteiger partial charge in [0.15, 0.2) is 0 Å². The van der Waals surface area contributed by atoms with Crippen LogP contribution in [0.25, 0.3) is 0 Å². The molecule has 0 bridgehead atoms. The van der Waals surface area contributed by atoms with E-state index in [1.54, 1.807) is 31.0 Å². The molecule has 19 heavy (non-hydrogen) atoms. The van der Waals surface area contributed by atoms with E-state index in [4.69, 9.17) is 11.6 Å². The molecule has 0 aromatic carbocycles. The number of aromatic nitrogens is 1. The van der Waals surface area contributed by atoms with Gasteiger partial charge in [0.05, 0.1) is 34.5 Å². The van der Waals surface area contributed by atoms with Crippen molar-refractivity contribution >= 4 is 17.5 Å². The fraction of sp³-hybridized carbons (Fsp3) is 0.571. The predicted molar refractivity (Wildman–Crippen MR) is 71.9 cm³/mol. The van der Waals surface area contributed by atoms with Gasteiger partial charge >= 0.3 is 0 Å². The molecule has 1 aliphatic carbocycles. The number of fused-ring (bicyclic) bond motifs is 1. The second-order valence-corrected chi connectivity index (χ2v) is 6.39. The van der Waals surface area contributed by atoms with Gasteiger partial charge in [-0.15, -0.1) is 0 Å². The molecule has 0 radical (unpaired) electrons. The third-order valence-electron chi connectivity index (χ3n) is 3.90. The predicted octanol–water partition coefficient (Wildman–Crippen LogP) is 2.24. The summed E-state index contributed by atoms with van der Waals surface area (Å²) in [7, 11) is 0. The zero-order chi connectivity index (χ0) is 13.8. The lowest BCUT2D eigenvalue weighted by molar-refractivity contribution is -0.0225. The number of rotatable bonds is 3. The van der Waals surface area contributed by atoms with Crippen molar-refractivity contribution in [1.82, 2.24) is 9.88 Å². The number of carbonyl (C=O) groups is 1. The molecule has 0 spiro atoms. The van der Waals surface area contributed by atoms with E-state index < -0.39 is 5.60 Å². The standard InChI is InChI=1S/C14H17ClN2O2/c1-14(2,19)12(8-3-4-8)17-7-10-11(13(17)18)9(15)5-6-16-10/h5-6,8,12,19H,3-4,7H2,1-2H3/t12-/m1/s1. The van der Waals surface area contributed by atoms with Crippen molar-refractivity contribution in [3.8, 4) is 0 Å². The summed E-state index contributed by atoms with van der Waals surface area (Å²) in [5.74, 6) is 0.282. The molecule has 1 aromatic rings. The topological polar surface area (TPSA) is 53.4 Å². The van der Waals surface area contributed by atoms with E-state index in [2.05, 4.69) is 4.98 Å². The minimum atomic E-state index is -0.911. The molecular formula is C14H17ClN2O2. The van der Waals surface area contributed by atoms with Crippen LogP contribution in [0.3, 0.4) is 0 Å². The van der Waals surface area contributed by atoms with Crippen molar-refractivity contribution in [2.24, 2.45) is 5.92 Å². The molecule has 4 nitrogen and oxygen atoms in total. The van der Waals surface area contributed by atoms with E-state index in [0.717, 1.165) is 12.8 Å². The van der Waals surface area contributed by atoms with Crippen LogP contribution in [-0.4, -0.2) is 32.5 Å². The van der Waals surface area contributed by atoms with Gasteiger partial charge in [0.1, 0.15) is 0 Å². The summed E-state index contributed by atoms with van der Waals surface area (Å²) in [5.41, 5.74) is 0.303. The minimum absolute atomic E-state index is 0.105. The van der Waals surface area contributed by atoms with Gasteiger partial charge in [-0.2, -0.15) is 0 Å². The van der Waals surface area contributed by atoms with Crippen molar-refractivity contribution in [3.05, 3.63) is 28.5 Å². The molecule has 1 fully saturated rings. The highest BCUT2D eigenvalue weighted by Gasteiger charge is 2.48. The molecule has 2 heterocycles. The van der Waals surface area contributed by atoms with Crippen LogP contribution in [0.1, 0.15) is 42.7 Å². The van der Waals surface area contributed by atoms with Crippen molar-refractivity contribution in [2.75, 3.05) is 0 Å². The summed E-state index contributed by atoms with van der Waals surface area (Å²) < 4.78 is 0. The first-order valence-corrected chi connectivity index (χ1v) is 6.94. The number of pyridine rings is 1. The molecule has 1 aliphatic heterocycles. The van der Waals surface area contributed by atoms with Crippen molar-refractivity contribution in [1.29, 1.82) is 0 Å². The Bertz CT molecular complexity index is 535. The Balaban J connectivity index is 1.97. The highest BCUT2D eigenvalue weighted by Crippen LogP contribution is 2.43. The van der Waals surface area contributed by atoms with Crippen molar-refractivity contribution in [2.45, 2.75) is 44.9 Å². The molecule has 102 valence electrons. The minimum Gasteiger partial charge on any atom is -0.388 e. The smallest absolute Gasteiger partial charge is 0.258 e. The average Bonchev–Trinajstić information content (AvgIpc) is 3.04. The molecule has 0 unspecified atom stereocenters. The van der Waals surface area contributed by atoms with Crippen LogP contribution in [0, 0.1) is 5.92 Å². The second-order valence-electron chi connectivity index (χ2n) is 5.98. The van der Waals surface area contributed by atoms with Gasteiger partial charge in [-0.05, 0) is 38.7 Å². The van der Waals surface area contributed by atoms with Crippen LogP contribution in [0.15, 0.2) is 12.3 Å². The van der Waals surface area contributed by atoms with Crippen LogP contribution in [0.4, 0.5) is 0 Å². The lowest BCUT2D eigenvalue weighted by Gasteiger charge is -2.37. The highest BCUT2D eigenvalue weighted by molar-refractivity contribution is 6.34. The molecule has 1 aromatic heterocycles. The molecule has 5 heteroatoms. The Hall–Kier alpha value is -1.13. The maximum atomic E-state index is 12.5. The fourth-order valence-electron chi connectivity index (χ4n) is 3.05. The largest absolute Gasteiger partial charge is 0.388 e. The fourth-order valence-corrected chi connectivity index (χ4v) is 3.30. The van der Waals surface area contributed by atoms with Gasteiger partial charge in [0.2, 0.25) is 0 Å². The van der Waals surface area contributed by atoms with E-state index in [1.165, 1.54) is 0 Å². The number of hydrogen-bond donors (Lipinski definition) is 1. The molecule has 1 atom stereocenters. The molecule has 3 rings (SSSR count). The summed E-state index contributed by atoms with van der Waals surface area (Å²) in [6.07, 6.45) is 3.75. The Morgan fingerprint density at radius 1 is 1.53 bits per heavy atom. The van der Waals surface area contributed by atoms with Gasteiger partial charge in [0.25, 0.3) is 5.91 Å². The Labute approximate surface area is 117 Å². The zero-order valence-corrected chi connectivity index (χ0v) is 11.8. The SMILES string of the molecule is CC(C)(O)[C@@H](C1CC1)N1Cc2nccc(Cl)c2C1=O. The molecule has 1 saturated carbocycles. The molecular weight excluding hydrogens is 264 g/mol. The lowest BCUT2D eigenvalue weighted by atomic mass is 9.93. The summed E-state index contributed by atoms with van der Waals surface area (Å²) in [5, 5.41) is 10.8. The van der Waals surface area contributed by atoms with Crippen molar-refractivity contribution < 1.29 is 9.90 Å². The van der Waals surface area contributed by atoms with E-state index in [1.807, 2.05) is 0 Å². The zero-order valence-electron chi connectivity index (χ0n) is 11.1. The maximum absolute atomic E-state index is 12.5. The molecule has 2 aliphatic rings. The normalized spacial score (nSPS) is 20.6. The van der Waals surface area contributed by atoms with E-state index in [-0.39, 0.29) is 11.9 Å². The Morgan fingerprint density at radius 3 is 2.74 bits per heavy atom. The molecule has 1 N–H and O–H groups in total. The molecule has 1 amide bonds. The van der Waals surface area contributed by atoms with Crippen LogP contribution in [0.5, 0.6) is 0 Å². The summed E-state index contributed by atoms with van der Waals surface area (Å²) in [6, 6.07) is 1.48. The summed E-state index contributed by atoms with van der Waals surface area (Å²) in [4.78, 5) is 18.5. The van der Waals surface area contributed by atoms with Gasteiger partial charge < -0.3 is 10.0 Å². The lowest BCUT2D eigenvalue weighted by Crippen LogP contribution is -2.51. The van der Waals surface area contributed by atoms with Crippen LogP contribution >= 0.6 is 11.6 Å². The molecule has 0 saturated heterocycles. The quantitative estimate of drug-likeness (QED) is 0.924. The summed E-state index contributed by atoms with van der Waals surface area (Å²) in [6.45, 7) is 3.97. The van der Waals surface area contributed by atoms with Gasteiger partial charge in [-0.1, -0.05) is 11.6 Å². The number of carbonyl (C=O) groups excluding carboxylic acids is 1. The van der Waals surface area contributed by atoms with Crippen LogP contribution < -0.4 is 0 Å². The van der Waals surface area contributed by atoms with Gasteiger partial charge in [-0.25, -0.2) is 0 Å². The highest BCUT2D eigenvalue weighted by atomic mass is 35.5. The van der Waals surface area contributed by atoms with Gasteiger partial charge in [-0.3, -0.25) is 9.78 Å². The Kier molecular flexibility index (Phi) is 2.84. The van der Waals surface area contributed by atoms with E-state index in [0.29, 0.717) is 28.7 Å². The first kappa shape index (κ1) is 12.9. The number of halogens is 1. The van der Waals surface area contributed by atoms with E-state index in [9.17, 15) is 9.90 Å². The van der Waals surface area contributed by atoms with Gasteiger partial charge in [0, 0.05) is 6.20 Å².